The Morgan fingerprint density at radius 2 is 2.11 bits per heavy atom. The molecule has 3 heterocycles. The largest absolute Gasteiger partial charge is 0.354 e. The van der Waals surface area contributed by atoms with Crippen LogP contribution in [0, 0.1) is 0 Å². The summed E-state index contributed by atoms with van der Waals surface area (Å²) in [5, 5.41) is 6.95. The number of benzene rings is 1. The molecule has 0 fully saturated rings. The Morgan fingerprint density at radius 3 is 2.93 bits per heavy atom. The van der Waals surface area contributed by atoms with Crippen molar-refractivity contribution in [1.29, 1.82) is 0 Å². The summed E-state index contributed by atoms with van der Waals surface area (Å²) in [6.45, 7) is 1.24. The molecule has 1 atom stereocenters. The minimum absolute atomic E-state index is 0.0269. The normalized spacial score (nSPS) is 16.7. The molecule has 2 aromatic heterocycles. The van der Waals surface area contributed by atoms with Crippen LogP contribution in [-0.2, 0) is 24.2 Å². The number of pyridine rings is 1. The van der Waals surface area contributed by atoms with Crippen LogP contribution in [0.3, 0.4) is 0 Å². The number of hydrogen-bond acceptors (Lipinski definition) is 6. The lowest BCUT2D eigenvalue weighted by molar-refractivity contribution is -0.126. The fraction of sp³-hybridized carbons (Fsp3) is 0.300. The van der Waals surface area contributed by atoms with Gasteiger partial charge in [0.15, 0.2) is 0 Å². The first-order valence-corrected chi connectivity index (χ1v) is 8.98. The van der Waals surface area contributed by atoms with Crippen molar-refractivity contribution in [2.24, 2.45) is 0 Å². The Kier molecular flexibility index (Phi) is 4.93. The minimum atomic E-state index is -0.159. The van der Waals surface area contributed by atoms with Crippen molar-refractivity contribution in [3.05, 3.63) is 65.8 Å². The maximum atomic E-state index is 12.6. The molecule has 1 aromatic carbocycles. The zero-order valence-corrected chi connectivity index (χ0v) is 15.1. The number of carbonyl (C=O) groups is 1. The van der Waals surface area contributed by atoms with Gasteiger partial charge in [0.05, 0.1) is 6.04 Å². The monoisotopic (exact) mass is 363 g/mol. The number of rotatable bonds is 5. The molecular formula is C20H21N5O2. The van der Waals surface area contributed by atoms with E-state index in [-0.39, 0.29) is 11.9 Å². The number of nitrogens with zero attached hydrogens (tertiary/aromatic N) is 4. The number of carbonyl (C=O) groups excluding carboxylic acids is 1. The van der Waals surface area contributed by atoms with Gasteiger partial charge in [-0.3, -0.25) is 14.7 Å². The highest BCUT2D eigenvalue weighted by molar-refractivity contribution is 5.82. The standard InChI is InChI=1S/C20H21N5O2/c1-25-13-16-6-3-2-5-14(16)11-17(25)20(26)22-10-8-18-23-19(24-27-18)15-7-4-9-21-12-15/h2-7,9,12,17H,8,10-11,13H2,1H3,(H,22,26). The Morgan fingerprint density at radius 1 is 1.26 bits per heavy atom. The highest BCUT2D eigenvalue weighted by atomic mass is 16.5. The summed E-state index contributed by atoms with van der Waals surface area (Å²) >= 11 is 0. The fourth-order valence-corrected chi connectivity index (χ4v) is 3.33. The quantitative estimate of drug-likeness (QED) is 0.745. The summed E-state index contributed by atoms with van der Waals surface area (Å²) in [5.41, 5.74) is 3.34. The van der Waals surface area contributed by atoms with Gasteiger partial charge in [-0.25, -0.2) is 0 Å². The maximum absolute atomic E-state index is 12.6. The smallest absolute Gasteiger partial charge is 0.237 e. The first kappa shape index (κ1) is 17.4. The maximum Gasteiger partial charge on any atom is 0.237 e. The Bertz CT molecular complexity index is 925. The lowest BCUT2D eigenvalue weighted by Crippen LogP contribution is -2.48. The molecule has 0 saturated heterocycles. The van der Waals surface area contributed by atoms with Gasteiger partial charge in [-0.15, -0.1) is 0 Å². The predicted molar refractivity (Wildman–Crippen MR) is 99.6 cm³/mol. The van der Waals surface area contributed by atoms with Gasteiger partial charge in [0, 0.05) is 37.5 Å². The number of hydrogen-bond donors (Lipinski definition) is 1. The van der Waals surface area contributed by atoms with Crippen molar-refractivity contribution in [2.45, 2.75) is 25.4 Å². The number of likely N-dealkylation sites (N-methyl/N-ethyl adjacent to an activating group) is 1. The SMILES string of the molecule is CN1Cc2ccccc2CC1C(=O)NCCc1nc(-c2cccnc2)no1. The number of amides is 1. The zero-order valence-electron chi connectivity index (χ0n) is 15.1. The van der Waals surface area contributed by atoms with Crippen molar-refractivity contribution in [3.63, 3.8) is 0 Å². The Hall–Kier alpha value is -3.06. The van der Waals surface area contributed by atoms with Crippen molar-refractivity contribution >= 4 is 5.91 Å². The van der Waals surface area contributed by atoms with Gasteiger partial charge in [-0.2, -0.15) is 4.98 Å². The van der Waals surface area contributed by atoms with Gasteiger partial charge >= 0.3 is 0 Å². The van der Waals surface area contributed by atoms with Crippen LogP contribution in [0.15, 0.2) is 53.3 Å². The molecule has 0 spiro atoms. The first-order valence-electron chi connectivity index (χ1n) is 8.98. The second-order valence-electron chi connectivity index (χ2n) is 6.70. The van der Waals surface area contributed by atoms with Crippen LogP contribution in [0.25, 0.3) is 11.4 Å². The van der Waals surface area contributed by atoms with Crippen molar-refractivity contribution in [1.82, 2.24) is 25.3 Å². The molecule has 7 nitrogen and oxygen atoms in total. The molecule has 1 unspecified atom stereocenters. The summed E-state index contributed by atoms with van der Waals surface area (Å²) in [5.74, 6) is 1.03. The third kappa shape index (κ3) is 3.88. The van der Waals surface area contributed by atoms with Crippen LogP contribution in [0.1, 0.15) is 17.0 Å². The van der Waals surface area contributed by atoms with Gasteiger partial charge < -0.3 is 9.84 Å². The van der Waals surface area contributed by atoms with Crippen LogP contribution >= 0.6 is 0 Å². The average Bonchev–Trinajstić information content (AvgIpc) is 3.17. The molecule has 1 amide bonds. The Labute approximate surface area is 157 Å². The highest BCUT2D eigenvalue weighted by Gasteiger charge is 2.28. The third-order valence-corrected chi connectivity index (χ3v) is 4.81. The van der Waals surface area contributed by atoms with Crippen LogP contribution in [0.5, 0.6) is 0 Å². The molecule has 0 radical (unpaired) electrons. The average molecular weight is 363 g/mol. The van der Waals surface area contributed by atoms with E-state index >= 15 is 0 Å². The van der Waals surface area contributed by atoms with E-state index in [0.29, 0.717) is 24.7 Å². The van der Waals surface area contributed by atoms with Crippen molar-refractivity contribution < 1.29 is 9.32 Å². The van der Waals surface area contributed by atoms with E-state index in [1.807, 2.05) is 31.3 Å². The Balaban J connectivity index is 1.32. The van der Waals surface area contributed by atoms with E-state index in [4.69, 9.17) is 4.52 Å². The number of aromatic nitrogens is 3. The molecule has 0 aliphatic carbocycles. The molecule has 0 bridgehead atoms. The van der Waals surface area contributed by atoms with E-state index in [1.165, 1.54) is 11.1 Å². The lowest BCUT2D eigenvalue weighted by Gasteiger charge is -2.33. The van der Waals surface area contributed by atoms with Crippen LogP contribution in [0.2, 0.25) is 0 Å². The molecule has 138 valence electrons. The molecule has 3 aromatic rings. The predicted octanol–water partition coefficient (Wildman–Crippen LogP) is 1.85. The molecule has 27 heavy (non-hydrogen) atoms. The summed E-state index contributed by atoms with van der Waals surface area (Å²) in [7, 11) is 1.98. The van der Waals surface area contributed by atoms with E-state index in [1.54, 1.807) is 12.4 Å². The van der Waals surface area contributed by atoms with Crippen LogP contribution in [-0.4, -0.2) is 45.6 Å². The summed E-state index contributed by atoms with van der Waals surface area (Å²) in [6.07, 6.45) is 4.60. The second-order valence-corrected chi connectivity index (χ2v) is 6.70. The topological polar surface area (TPSA) is 84.2 Å². The number of fused-ring (bicyclic) bond motifs is 1. The lowest BCUT2D eigenvalue weighted by atomic mass is 9.94. The van der Waals surface area contributed by atoms with Gasteiger partial charge in [0.2, 0.25) is 17.6 Å². The summed E-state index contributed by atoms with van der Waals surface area (Å²) < 4.78 is 5.26. The van der Waals surface area contributed by atoms with E-state index in [2.05, 4.69) is 37.5 Å². The van der Waals surface area contributed by atoms with Gasteiger partial charge in [0.1, 0.15) is 0 Å². The first-order chi connectivity index (χ1) is 13.2. The van der Waals surface area contributed by atoms with E-state index < -0.39 is 0 Å². The molecular weight excluding hydrogens is 342 g/mol. The third-order valence-electron chi connectivity index (χ3n) is 4.81. The van der Waals surface area contributed by atoms with E-state index in [0.717, 1.165) is 18.5 Å². The van der Waals surface area contributed by atoms with Crippen molar-refractivity contribution in [2.75, 3.05) is 13.6 Å². The molecule has 1 aliphatic heterocycles. The fourth-order valence-electron chi connectivity index (χ4n) is 3.33. The molecule has 1 aliphatic rings. The molecule has 0 saturated carbocycles. The van der Waals surface area contributed by atoms with Gasteiger partial charge in [-0.05, 0) is 36.7 Å². The minimum Gasteiger partial charge on any atom is -0.354 e. The van der Waals surface area contributed by atoms with Crippen molar-refractivity contribution in [3.8, 4) is 11.4 Å². The van der Waals surface area contributed by atoms with E-state index in [9.17, 15) is 4.79 Å². The molecule has 7 heteroatoms. The van der Waals surface area contributed by atoms with Crippen LogP contribution < -0.4 is 5.32 Å². The highest BCUT2D eigenvalue weighted by Crippen LogP contribution is 2.22. The number of nitrogens with one attached hydrogen (secondary N) is 1. The second kappa shape index (κ2) is 7.67. The van der Waals surface area contributed by atoms with Gasteiger partial charge in [0.25, 0.3) is 0 Å². The zero-order chi connectivity index (χ0) is 18.6. The molecule has 4 rings (SSSR count). The molecule has 1 N–H and O–H groups in total. The van der Waals surface area contributed by atoms with Gasteiger partial charge in [-0.1, -0.05) is 29.4 Å². The summed E-state index contributed by atoms with van der Waals surface area (Å²) in [4.78, 5) is 23.1. The summed E-state index contributed by atoms with van der Waals surface area (Å²) in [6, 6.07) is 11.8. The van der Waals surface area contributed by atoms with Crippen LogP contribution in [0.4, 0.5) is 0 Å².